The monoisotopic (exact) mass is 362 g/mol. The second-order valence-corrected chi connectivity index (χ2v) is 4.68. The van der Waals surface area contributed by atoms with Crippen LogP contribution in [0.15, 0.2) is 23.3 Å². The molecule has 1 atom stereocenters. The van der Waals surface area contributed by atoms with Crippen LogP contribution in [0.5, 0.6) is 0 Å². The fourth-order valence-corrected chi connectivity index (χ4v) is 2.29. The van der Waals surface area contributed by atoms with Crippen molar-refractivity contribution in [3.05, 3.63) is 38.0 Å². The Morgan fingerprint density at radius 1 is 1.67 bits per heavy atom. The van der Waals surface area contributed by atoms with Crippen LogP contribution < -0.4 is 4.90 Å². The van der Waals surface area contributed by atoms with Crippen LogP contribution >= 0.6 is 22.6 Å². The van der Waals surface area contributed by atoms with E-state index in [0.29, 0.717) is 9.26 Å². The number of carbonyl (C=O) groups excluding carboxylic acids is 1. The Hall–Kier alpha value is -1.54. The largest absolute Gasteiger partial charge is 0.444 e. The topological polar surface area (TPSA) is 78.3 Å². The summed E-state index contributed by atoms with van der Waals surface area (Å²) in [6.07, 6.45) is -1.05. The fourth-order valence-electron chi connectivity index (χ4n) is 1.64. The maximum atomic E-state index is 13.4. The van der Waals surface area contributed by atoms with Crippen molar-refractivity contribution in [2.75, 3.05) is 18.0 Å². The molecule has 94 valence electrons. The van der Waals surface area contributed by atoms with Crippen molar-refractivity contribution in [3.63, 3.8) is 0 Å². The molecule has 1 fully saturated rings. The number of cyclic esters (lactones) is 1. The summed E-state index contributed by atoms with van der Waals surface area (Å²) in [5.74, 6) is -0.389. The SMILES string of the molecule is [N-]=[N+]=NC[C@H]1CN(c2cccc(F)c2I)C(=O)O1. The first kappa shape index (κ1) is 12.9. The summed E-state index contributed by atoms with van der Waals surface area (Å²) in [6, 6.07) is 4.49. The lowest BCUT2D eigenvalue weighted by atomic mass is 10.2. The van der Waals surface area contributed by atoms with Gasteiger partial charge in [-0.2, -0.15) is 0 Å². The molecule has 0 bridgehead atoms. The first-order valence-electron chi connectivity index (χ1n) is 5.06. The second-order valence-electron chi connectivity index (χ2n) is 3.60. The molecule has 6 nitrogen and oxygen atoms in total. The molecule has 1 amide bonds. The quantitative estimate of drug-likeness (QED) is 0.359. The summed E-state index contributed by atoms with van der Waals surface area (Å²) in [7, 11) is 0. The van der Waals surface area contributed by atoms with Gasteiger partial charge in [0.05, 0.1) is 22.3 Å². The van der Waals surface area contributed by atoms with Crippen molar-refractivity contribution in [3.8, 4) is 0 Å². The molecule has 1 aromatic carbocycles. The van der Waals surface area contributed by atoms with E-state index in [4.69, 9.17) is 10.3 Å². The van der Waals surface area contributed by atoms with E-state index < -0.39 is 12.2 Å². The third-order valence-corrected chi connectivity index (χ3v) is 3.51. The van der Waals surface area contributed by atoms with Crippen LogP contribution in [0.1, 0.15) is 0 Å². The van der Waals surface area contributed by atoms with Gasteiger partial charge in [-0.1, -0.05) is 11.2 Å². The highest BCUT2D eigenvalue weighted by Gasteiger charge is 2.33. The molecule has 1 heterocycles. The number of anilines is 1. The standard InChI is InChI=1S/C10H8FIN4O2/c11-7-2-1-3-8(9(7)12)16-5-6(4-14-15-13)18-10(16)17/h1-3,6H,4-5H2/t6-/m0/s1. The van der Waals surface area contributed by atoms with E-state index >= 15 is 0 Å². The molecule has 0 radical (unpaired) electrons. The molecule has 0 saturated carbocycles. The lowest BCUT2D eigenvalue weighted by Gasteiger charge is -2.14. The summed E-state index contributed by atoms with van der Waals surface area (Å²) in [6.45, 7) is 0.321. The Kier molecular flexibility index (Phi) is 3.87. The molecule has 1 aliphatic heterocycles. The van der Waals surface area contributed by atoms with Crippen molar-refractivity contribution < 1.29 is 13.9 Å². The third-order valence-electron chi connectivity index (χ3n) is 2.44. The molecule has 2 rings (SSSR count). The van der Waals surface area contributed by atoms with Crippen LogP contribution in [-0.4, -0.2) is 25.3 Å². The van der Waals surface area contributed by atoms with Crippen LogP contribution in [0.4, 0.5) is 14.9 Å². The minimum Gasteiger partial charge on any atom is -0.444 e. The average molecular weight is 362 g/mol. The molecule has 1 saturated heterocycles. The number of rotatable bonds is 3. The van der Waals surface area contributed by atoms with Gasteiger partial charge in [-0.15, -0.1) is 0 Å². The van der Waals surface area contributed by atoms with Gasteiger partial charge in [0.2, 0.25) is 0 Å². The van der Waals surface area contributed by atoms with Crippen LogP contribution in [0.2, 0.25) is 0 Å². The molecule has 0 unspecified atom stereocenters. The second kappa shape index (κ2) is 5.40. The van der Waals surface area contributed by atoms with E-state index in [0.717, 1.165) is 0 Å². The summed E-state index contributed by atoms with van der Waals surface area (Å²) < 4.78 is 18.8. The molecule has 0 N–H and O–H groups in total. The molecule has 18 heavy (non-hydrogen) atoms. The average Bonchev–Trinajstić information content (AvgIpc) is 2.71. The predicted octanol–water partition coefficient (Wildman–Crippen LogP) is 3.07. The van der Waals surface area contributed by atoms with Gasteiger partial charge in [0, 0.05) is 4.91 Å². The van der Waals surface area contributed by atoms with Crippen molar-refractivity contribution in [2.45, 2.75) is 6.10 Å². The van der Waals surface area contributed by atoms with Crippen molar-refractivity contribution >= 4 is 34.4 Å². The lowest BCUT2D eigenvalue weighted by Crippen LogP contribution is -2.26. The van der Waals surface area contributed by atoms with Crippen LogP contribution in [-0.2, 0) is 4.74 Å². The van der Waals surface area contributed by atoms with Gasteiger partial charge in [-0.3, -0.25) is 4.90 Å². The molecule has 0 spiro atoms. The maximum absolute atomic E-state index is 13.4. The fraction of sp³-hybridized carbons (Fsp3) is 0.300. The van der Waals surface area contributed by atoms with Crippen molar-refractivity contribution in [1.29, 1.82) is 0 Å². The molecule has 0 aromatic heterocycles. The Bertz CT molecular complexity index is 533. The maximum Gasteiger partial charge on any atom is 0.414 e. The number of ether oxygens (including phenoxy) is 1. The zero-order valence-corrected chi connectivity index (χ0v) is 11.2. The van der Waals surface area contributed by atoms with Crippen LogP contribution in [0, 0.1) is 9.39 Å². The Balaban J connectivity index is 2.21. The molecule has 0 aliphatic carbocycles. The normalized spacial score (nSPS) is 18.4. The minimum atomic E-state index is -0.559. The summed E-state index contributed by atoms with van der Waals surface area (Å²) in [5.41, 5.74) is 8.67. The molecular formula is C10H8FIN4O2. The number of azide groups is 1. The number of amides is 1. The first-order valence-corrected chi connectivity index (χ1v) is 6.14. The van der Waals surface area contributed by atoms with E-state index in [1.165, 1.54) is 17.0 Å². The number of carbonyl (C=O) groups is 1. The summed E-state index contributed by atoms with van der Waals surface area (Å²) in [4.78, 5) is 15.6. The van der Waals surface area contributed by atoms with E-state index in [2.05, 4.69) is 10.0 Å². The van der Waals surface area contributed by atoms with Crippen LogP contribution in [0.3, 0.4) is 0 Å². The Morgan fingerprint density at radius 2 is 2.44 bits per heavy atom. The summed E-state index contributed by atoms with van der Waals surface area (Å²) >= 11 is 1.83. The highest BCUT2D eigenvalue weighted by atomic mass is 127. The highest BCUT2D eigenvalue weighted by Crippen LogP contribution is 2.28. The van der Waals surface area contributed by atoms with E-state index in [1.54, 1.807) is 6.07 Å². The van der Waals surface area contributed by atoms with E-state index in [9.17, 15) is 9.18 Å². The number of nitrogens with zero attached hydrogens (tertiary/aromatic N) is 4. The lowest BCUT2D eigenvalue weighted by molar-refractivity contribution is 0.145. The number of benzene rings is 1. The first-order chi connectivity index (χ1) is 8.63. The molecule has 8 heteroatoms. The highest BCUT2D eigenvalue weighted by molar-refractivity contribution is 14.1. The predicted molar refractivity (Wildman–Crippen MR) is 70.7 cm³/mol. The van der Waals surface area contributed by atoms with Gasteiger partial charge in [-0.25, -0.2) is 9.18 Å². The zero-order valence-electron chi connectivity index (χ0n) is 9.08. The number of hydrogen-bond acceptors (Lipinski definition) is 3. The molecule has 1 aliphatic rings. The van der Waals surface area contributed by atoms with Crippen molar-refractivity contribution in [1.82, 2.24) is 0 Å². The van der Waals surface area contributed by atoms with Gasteiger partial charge < -0.3 is 4.74 Å². The van der Waals surface area contributed by atoms with Gasteiger partial charge in [-0.05, 0) is 40.3 Å². The molecule has 1 aromatic rings. The molecular weight excluding hydrogens is 354 g/mol. The van der Waals surface area contributed by atoms with E-state index in [1.807, 2.05) is 22.6 Å². The summed E-state index contributed by atoms with van der Waals surface area (Å²) in [5, 5.41) is 3.36. The minimum absolute atomic E-state index is 0.0740. The van der Waals surface area contributed by atoms with Crippen molar-refractivity contribution in [2.24, 2.45) is 5.11 Å². The third kappa shape index (κ3) is 2.49. The van der Waals surface area contributed by atoms with Gasteiger partial charge in [0.25, 0.3) is 0 Å². The Morgan fingerprint density at radius 3 is 3.17 bits per heavy atom. The number of halogens is 2. The smallest absolute Gasteiger partial charge is 0.414 e. The van der Waals surface area contributed by atoms with Gasteiger partial charge >= 0.3 is 6.09 Å². The Labute approximate surface area is 115 Å². The van der Waals surface area contributed by atoms with Crippen LogP contribution in [0.25, 0.3) is 10.4 Å². The van der Waals surface area contributed by atoms with Gasteiger partial charge in [0.1, 0.15) is 11.9 Å². The number of hydrogen-bond donors (Lipinski definition) is 0. The zero-order chi connectivity index (χ0) is 13.1. The van der Waals surface area contributed by atoms with E-state index in [-0.39, 0.29) is 18.9 Å². The van der Waals surface area contributed by atoms with Gasteiger partial charge in [0.15, 0.2) is 0 Å².